The predicted molar refractivity (Wildman–Crippen MR) is 90.6 cm³/mol. The third kappa shape index (κ3) is 3.68. The highest BCUT2D eigenvalue weighted by Gasteiger charge is 2.49. The Hall–Kier alpha value is -0.410. The van der Waals surface area contributed by atoms with Crippen LogP contribution in [-0.2, 0) is 4.79 Å². The Morgan fingerprint density at radius 3 is 1.86 bits per heavy atom. The quantitative estimate of drug-likeness (QED) is 0.750. The third-order valence-electron chi connectivity index (χ3n) is 5.98. The SMILES string of the molecule is CCCC(C)(C)C(C)(C)C(=O)C(C)(C)N1CCN(C)CC1. The minimum Gasteiger partial charge on any atom is -0.304 e. The molecule has 0 aromatic carbocycles. The minimum atomic E-state index is -0.379. The molecule has 0 aliphatic carbocycles. The smallest absolute Gasteiger partial charge is 0.158 e. The summed E-state index contributed by atoms with van der Waals surface area (Å²) in [5.74, 6) is 0.387. The van der Waals surface area contributed by atoms with Crippen LogP contribution >= 0.6 is 0 Å². The molecule has 3 nitrogen and oxygen atoms in total. The highest BCUT2D eigenvalue weighted by Crippen LogP contribution is 2.45. The van der Waals surface area contributed by atoms with Crippen molar-refractivity contribution in [3.63, 3.8) is 0 Å². The Morgan fingerprint density at radius 2 is 1.43 bits per heavy atom. The van der Waals surface area contributed by atoms with Crippen molar-refractivity contribution < 1.29 is 4.79 Å². The van der Waals surface area contributed by atoms with Gasteiger partial charge in [0.05, 0.1) is 5.54 Å². The molecular weight excluding hydrogens is 260 g/mol. The van der Waals surface area contributed by atoms with Crippen molar-refractivity contribution >= 4 is 5.78 Å². The summed E-state index contributed by atoms with van der Waals surface area (Å²) in [5, 5.41) is 0. The lowest BCUT2D eigenvalue weighted by Crippen LogP contribution is -2.61. The van der Waals surface area contributed by atoms with E-state index in [0.29, 0.717) is 5.78 Å². The fourth-order valence-electron chi connectivity index (χ4n) is 3.52. The van der Waals surface area contributed by atoms with Gasteiger partial charge in [-0.3, -0.25) is 9.69 Å². The lowest BCUT2D eigenvalue weighted by atomic mass is 9.60. The number of piperazine rings is 1. The number of carbonyl (C=O) groups excluding carboxylic acids is 1. The molecule has 0 saturated carbocycles. The van der Waals surface area contributed by atoms with Gasteiger partial charge in [-0.2, -0.15) is 0 Å². The van der Waals surface area contributed by atoms with Crippen molar-refractivity contribution in [2.75, 3.05) is 33.2 Å². The molecule has 124 valence electrons. The highest BCUT2D eigenvalue weighted by atomic mass is 16.1. The van der Waals surface area contributed by atoms with Gasteiger partial charge in [-0.15, -0.1) is 0 Å². The van der Waals surface area contributed by atoms with Gasteiger partial charge in [0, 0.05) is 31.6 Å². The number of ketones is 1. The van der Waals surface area contributed by atoms with E-state index in [9.17, 15) is 4.79 Å². The summed E-state index contributed by atoms with van der Waals surface area (Å²) in [6.07, 6.45) is 2.21. The van der Waals surface area contributed by atoms with E-state index in [1.807, 2.05) is 0 Å². The number of hydrogen-bond acceptors (Lipinski definition) is 3. The van der Waals surface area contributed by atoms with Gasteiger partial charge in [0.1, 0.15) is 0 Å². The maximum absolute atomic E-state index is 13.3. The first-order valence-corrected chi connectivity index (χ1v) is 8.45. The van der Waals surface area contributed by atoms with Gasteiger partial charge in [-0.25, -0.2) is 0 Å². The molecule has 0 atom stereocenters. The van der Waals surface area contributed by atoms with Crippen LogP contribution in [0.4, 0.5) is 0 Å². The largest absolute Gasteiger partial charge is 0.304 e. The van der Waals surface area contributed by atoms with E-state index >= 15 is 0 Å². The van der Waals surface area contributed by atoms with Crippen LogP contribution in [0.25, 0.3) is 0 Å². The molecule has 21 heavy (non-hydrogen) atoms. The zero-order valence-corrected chi connectivity index (χ0v) is 15.5. The van der Waals surface area contributed by atoms with Gasteiger partial charge in [-0.05, 0) is 32.7 Å². The van der Waals surface area contributed by atoms with E-state index in [-0.39, 0.29) is 16.4 Å². The second-order valence-electron chi connectivity index (χ2n) is 8.44. The van der Waals surface area contributed by atoms with Gasteiger partial charge < -0.3 is 4.90 Å². The Balaban J connectivity index is 2.94. The third-order valence-corrected chi connectivity index (χ3v) is 5.98. The number of hydrogen-bond donors (Lipinski definition) is 0. The second kappa shape index (κ2) is 6.37. The topological polar surface area (TPSA) is 23.6 Å². The molecule has 1 rings (SSSR count). The van der Waals surface area contributed by atoms with Crippen molar-refractivity contribution in [3.8, 4) is 0 Å². The van der Waals surface area contributed by atoms with Crippen LogP contribution in [0.2, 0.25) is 0 Å². The van der Waals surface area contributed by atoms with E-state index in [0.717, 1.165) is 39.0 Å². The molecule has 3 heteroatoms. The van der Waals surface area contributed by atoms with Gasteiger partial charge in [0.25, 0.3) is 0 Å². The van der Waals surface area contributed by atoms with Crippen LogP contribution in [0.15, 0.2) is 0 Å². The Morgan fingerprint density at radius 1 is 0.952 bits per heavy atom. The van der Waals surface area contributed by atoms with Gasteiger partial charge >= 0.3 is 0 Å². The summed E-state index contributed by atoms with van der Waals surface area (Å²) in [7, 11) is 2.15. The zero-order chi connectivity index (χ0) is 16.5. The molecule has 0 spiro atoms. The summed E-state index contributed by atoms with van der Waals surface area (Å²) in [5.41, 5.74) is -0.658. The molecule has 0 N–H and O–H groups in total. The Labute approximate surface area is 132 Å². The number of Topliss-reactive ketones (excluding diaryl/α,β-unsaturated/α-hetero) is 1. The summed E-state index contributed by atoms with van der Waals surface area (Å²) in [6, 6.07) is 0. The number of rotatable bonds is 6. The van der Waals surface area contributed by atoms with Crippen LogP contribution in [-0.4, -0.2) is 54.3 Å². The van der Waals surface area contributed by atoms with Crippen molar-refractivity contribution in [2.24, 2.45) is 10.8 Å². The second-order valence-corrected chi connectivity index (χ2v) is 8.44. The summed E-state index contributed by atoms with van der Waals surface area (Å²) in [4.78, 5) is 18.0. The fraction of sp³-hybridized carbons (Fsp3) is 0.944. The molecule has 0 aromatic heterocycles. The van der Waals surface area contributed by atoms with Crippen LogP contribution in [0.1, 0.15) is 61.3 Å². The van der Waals surface area contributed by atoms with E-state index in [1.54, 1.807) is 0 Å². The molecule has 1 fully saturated rings. The molecule has 0 aromatic rings. The lowest BCUT2D eigenvalue weighted by molar-refractivity contribution is -0.146. The maximum Gasteiger partial charge on any atom is 0.158 e. The maximum atomic E-state index is 13.3. The average Bonchev–Trinajstić information content (AvgIpc) is 2.38. The molecule has 1 aliphatic heterocycles. The van der Waals surface area contributed by atoms with Crippen LogP contribution < -0.4 is 0 Å². The lowest BCUT2D eigenvalue weighted by Gasteiger charge is -2.49. The Kier molecular flexibility index (Phi) is 5.66. The van der Waals surface area contributed by atoms with Gasteiger partial charge in [-0.1, -0.05) is 41.0 Å². The molecular formula is C18H36N2O. The van der Waals surface area contributed by atoms with Gasteiger partial charge in [0.2, 0.25) is 0 Å². The molecule has 1 saturated heterocycles. The fourth-order valence-corrected chi connectivity index (χ4v) is 3.52. The highest BCUT2D eigenvalue weighted by molar-refractivity contribution is 5.93. The summed E-state index contributed by atoms with van der Waals surface area (Å²) < 4.78 is 0. The number of likely N-dealkylation sites (N-methyl/N-ethyl adjacent to an activating group) is 1. The number of nitrogens with zero attached hydrogens (tertiary/aromatic N) is 2. The van der Waals surface area contributed by atoms with E-state index in [1.165, 1.54) is 0 Å². The van der Waals surface area contributed by atoms with Crippen molar-refractivity contribution in [3.05, 3.63) is 0 Å². The monoisotopic (exact) mass is 296 g/mol. The van der Waals surface area contributed by atoms with E-state index < -0.39 is 0 Å². The molecule has 0 unspecified atom stereocenters. The summed E-state index contributed by atoms with van der Waals surface area (Å²) in [6.45, 7) is 19.3. The first-order chi connectivity index (χ1) is 9.46. The first-order valence-electron chi connectivity index (χ1n) is 8.45. The van der Waals surface area contributed by atoms with E-state index in [2.05, 4.69) is 65.3 Å². The van der Waals surface area contributed by atoms with Crippen LogP contribution in [0, 0.1) is 10.8 Å². The van der Waals surface area contributed by atoms with Crippen LogP contribution in [0.5, 0.6) is 0 Å². The predicted octanol–water partition coefficient (Wildman–Crippen LogP) is 3.43. The Bertz CT molecular complexity index is 363. The molecule has 1 heterocycles. The van der Waals surface area contributed by atoms with E-state index in [4.69, 9.17) is 0 Å². The molecule has 1 aliphatic rings. The standard InChI is InChI=1S/C18H36N2O/c1-9-10-16(2,3)17(4,5)15(21)18(6,7)20-13-11-19(8)12-14-20/h9-14H2,1-8H3. The molecule has 0 bridgehead atoms. The van der Waals surface area contributed by atoms with Crippen molar-refractivity contribution in [1.29, 1.82) is 0 Å². The average molecular weight is 296 g/mol. The van der Waals surface area contributed by atoms with Crippen molar-refractivity contribution in [2.45, 2.75) is 66.8 Å². The minimum absolute atomic E-state index is 0.0304. The summed E-state index contributed by atoms with van der Waals surface area (Å²) >= 11 is 0. The first kappa shape index (κ1) is 18.6. The van der Waals surface area contributed by atoms with Gasteiger partial charge in [0.15, 0.2) is 5.78 Å². The zero-order valence-electron chi connectivity index (χ0n) is 15.5. The normalized spacial score (nSPS) is 19.8. The van der Waals surface area contributed by atoms with Crippen molar-refractivity contribution in [1.82, 2.24) is 9.80 Å². The number of carbonyl (C=O) groups is 1. The van der Waals surface area contributed by atoms with Crippen LogP contribution in [0.3, 0.4) is 0 Å². The molecule has 0 amide bonds. The molecule has 0 radical (unpaired) electrons.